The Morgan fingerprint density at radius 2 is 0.836 bits per heavy atom. The maximum Gasteiger partial charge on any atom is 0.143 e. The Balaban J connectivity index is 1.08. The number of hydrogen-bond donors (Lipinski definition) is 0. The molecule has 3 nitrogen and oxygen atoms in total. The van der Waals surface area contributed by atoms with Gasteiger partial charge >= 0.3 is 0 Å². The van der Waals surface area contributed by atoms with Crippen LogP contribution in [0.5, 0.6) is 0 Å². The molecule has 258 valence electrons. The van der Waals surface area contributed by atoms with Gasteiger partial charge in [-0.1, -0.05) is 152 Å². The number of anilines is 3. The van der Waals surface area contributed by atoms with Crippen LogP contribution >= 0.6 is 0 Å². The second kappa shape index (κ2) is 12.6. The van der Waals surface area contributed by atoms with Gasteiger partial charge in [0.1, 0.15) is 22.3 Å². The summed E-state index contributed by atoms with van der Waals surface area (Å²) >= 11 is 0. The van der Waals surface area contributed by atoms with E-state index in [1.54, 1.807) is 0 Å². The molecule has 0 atom stereocenters. The Kier molecular flexibility index (Phi) is 7.17. The Labute approximate surface area is 317 Å². The smallest absolute Gasteiger partial charge is 0.143 e. The highest BCUT2D eigenvalue weighted by molar-refractivity contribution is 6.21. The molecule has 11 rings (SSSR count). The second-order valence-corrected chi connectivity index (χ2v) is 14.0. The molecule has 55 heavy (non-hydrogen) atoms. The average Bonchev–Trinajstić information content (AvgIpc) is 3.84. The van der Waals surface area contributed by atoms with Crippen molar-refractivity contribution >= 4 is 71.7 Å². The third-order valence-corrected chi connectivity index (χ3v) is 10.9. The molecular weight excluding hydrogens is 671 g/mol. The zero-order chi connectivity index (χ0) is 36.3. The van der Waals surface area contributed by atoms with Crippen molar-refractivity contribution in [2.45, 2.75) is 0 Å². The molecule has 3 heteroatoms. The van der Waals surface area contributed by atoms with Crippen LogP contribution in [0.1, 0.15) is 0 Å². The second-order valence-electron chi connectivity index (χ2n) is 14.0. The van der Waals surface area contributed by atoms with Gasteiger partial charge in [0.25, 0.3) is 0 Å². The standard InChI is InChI=1S/C52H33NO2/c1-3-13-34(14-4-1)35-25-29-38(30-26-35)53(47-22-12-24-49-50(47)44-19-9-10-23-48(44)54-49)39-31-27-37(28-32-39)45-33-46-43-21-11-20-40(36-15-5-2-6-16-36)51(43)55-52(46)42-18-8-7-17-41(42)45/h1-33H. The molecule has 0 aliphatic rings. The van der Waals surface area contributed by atoms with Crippen LogP contribution in [-0.4, -0.2) is 0 Å². The van der Waals surface area contributed by atoms with Crippen molar-refractivity contribution in [3.63, 3.8) is 0 Å². The number of fused-ring (bicyclic) bond motifs is 8. The minimum atomic E-state index is 0.865. The minimum Gasteiger partial charge on any atom is -0.456 e. The molecule has 0 fully saturated rings. The number of rotatable bonds is 6. The molecule has 0 saturated heterocycles. The molecule has 0 spiro atoms. The zero-order valence-electron chi connectivity index (χ0n) is 29.8. The summed E-state index contributed by atoms with van der Waals surface area (Å²) in [6, 6.07) is 70.8. The van der Waals surface area contributed by atoms with E-state index in [0.29, 0.717) is 0 Å². The fourth-order valence-corrected chi connectivity index (χ4v) is 8.30. The Morgan fingerprint density at radius 1 is 0.309 bits per heavy atom. The van der Waals surface area contributed by atoms with Crippen LogP contribution in [-0.2, 0) is 0 Å². The Hall–Kier alpha value is -7.36. The molecule has 0 aliphatic carbocycles. The number of furan rings is 2. The molecule has 2 heterocycles. The predicted octanol–water partition coefficient (Wildman–Crippen LogP) is 15.1. The van der Waals surface area contributed by atoms with Crippen molar-refractivity contribution in [3.05, 3.63) is 200 Å². The molecule has 11 aromatic rings. The van der Waals surface area contributed by atoms with E-state index in [4.69, 9.17) is 8.83 Å². The van der Waals surface area contributed by atoms with Gasteiger partial charge in [0, 0.05) is 38.5 Å². The van der Waals surface area contributed by atoms with Gasteiger partial charge in [0.2, 0.25) is 0 Å². The highest BCUT2D eigenvalue weighted by atomic mass is 16.3. The lowest BCUT2D eigenvalue weighted by Crippen LogP contribution is -2.10. The van der Waals surface area contributed by atoms with Gasteiger partial charge in [-0.2, -0.15) is 0 Å². The molecular formula is C52H33NO2. The number of para-hydroxylation sites is 2. The van der Waals surface area contributed by atoms with Gasteiger partial charge in [-0.3, -0.25) is 0 Å². The maximum atomic E-state index is 6.77. The lowest BCUT2D eigenvalue weighted by Gasteiger charge is -2.26. The molecule has 0 bridgehead atoms. The highest BCUT2D eigenvalue weighted by Gasteiger charge is 2.21. The molecule has 0 radical (unpaired) electrons. The van der Waals surface area contributed by atoms with Crippen molar-refractivity contribution < 1.29 is 8.83 Å². The van der Waals surface area contributed by atoms with Gasteiger partial charge < -0.3 is 13.7 Å². The first kappa shape index (κ1) is 31.2. The third kappa shape index (κ3) is 5.13. The zero-order valence-corrected chi connectivity index (χ0v) is 29.8. The van der Waals surface area contributed by atoms with Crippen molar-refractivity contribution in [3.8, 4) is 33.4 Å². The summed E-state index contributed by atoms with van der Waals surface area (Å²) < 4.78 is 13.1. The summed E-state index contributed by atoms with van der Waals surface area (Å²) in [6.07, 6.45) is 0. The third-order valence-electron chi connectivity index (χ3n) is 10.9. The van der Waals surface area contributed by atoms with Gasteiger partial charge in [0.15, 0.2) is 0 Å². The van der Waals surface area contributed by atoms with E-state index in [9.17, 15) is 0 Å². The number of benzene rings is 9. The topological polar surface area (TPSA) is 29.5 Å². The Morgan fingerprint density at radius 3 is 1.58 bits per heavy atom. The maximum absolute atomic E-state index is 6.77. The predicted molar refractivity (Wildman–Crippen MR) is 229 cm³/mol. The van der Waals surface area contributed by atoms with Crippen molar-refractivity contribution in [2.24, 2.45) is 0 Å². The van der Waals surface area contributed by atoms with Crippen LogP contribution < -0.4 is 4.90 Å². The fraction of sp³-hybridized carbons (Fsp3) is 0. The summed E-state index contributed by atoms with van der Waals surface area (Å²) in [4.78, 5) is 2.35. The van der Waals surface area contributed by atoms with Gasteiger partial charge in [-0.15, -0.1) is 0 Å². The van der Waals surface area contributed by atoms with Crippen molar-refractivity contribution in [2.75, 3.05) is 4.90 Å². The van der Waals surface area contributed by atoms with Crippen molar-refractivity contribution in [1.29, 1.82) is 0 Å². The number of nitrogens with zero attached hydrogens (tertiary/aromatic N) is 1. The molecule has 0 amide bonds. The summed E-state index contributed by atoms with van der Waals surface area (Å²) in [5.41, 5.74) is 13.7. The summed E-state index contributed by atoms with van der Waals surface area (Å²) in [7, 11) is 0. The van der Waals surface area contributed by atoms with Crippen LogP contribution in [0.2, 0.25) is 0 Å². The van der Waals surface area contributed by atoms with Crippen molar-refractivity contribution in [1.82, 2.24) is 0 Å². The molecule has 9 aromatic carbocycles. The first-order chi connectivity index (χ1) is 27.3. The molecule has 0 aliphatic heterocycles. The van der Waals surface area contributed by atoms with Gasteiger partial charge in [0.05, 0.1) is 11.1 Å². The fourth-order valence-electron chi connectivity index (χ4n) is 8.30. The van der Waals surface area contributed by atoms with E-state index >= 15 is 0 Å². The molecule has 0 N–H and O–H groups in total. The van der Waals surface area contributed by atoms with Gasteiger partial charge in [-0.25, -0.2) is 0 Å². The van der Waals surface area contributed by atoms with Gasteiger partial charge in [-0.05, 0) is 81.7 Å². The van der Waals surface area contributed by atoms with E-state index < -0.39 is 0 Å². The largest absolute Gasteiger partial charge is 0.456 e. The number of hydrogen-bond acceptors (Lipinski definition) is 3. The summed E-state index contributed by atoms with van der Waals surface area (Å²) in [5.74, 6) is 0. The normalized spacial score (nSPS) is 11.6. The summed E-state index contributed by atoms with van der Waals surface area (Å²) in [6.45, 7) is 0. The first-order valence-electron chi connectivity index (χ1n) is 18.7. The lowest BCUT2D eigenvalue weighted by atomic mass is 9.94. The lowest BCUT2D eigenvalue weighted by molar-refractivity contribution is 0.669. The first-order valence-corrected chi connectivity index (χ1v) is 18.7. The van der Waals surface area contributed by atoms with E-state index in [-0.39, 0.29) is 0 Å². The average molecular weight is 704 g/mol. The van der Waals surface area contributed by atoms with E-state index in [0.717, 1.165) is 88.4 Å². The van der Waals surface area contributed by atoms with Crippen LogP contribution in [0.25, 0.3) is 88.0 Å². The van der Waals surface area contributed by atoms with E-state index in [1.165, 1.54) is 16.7 Å². The van der Waals surface area contributed by atoms with Crippen LogP contribution in [0.15, 0.2) is 209 Å². The van der Waals surface area contributed by atoms with E-state index in [2.05, 4.69) is 187 Å². The summed E-state index contributed by atoms with van der Waals surface area (Å²) in [5, 5.41) is 6.68. The highest BCUT2D eigenvalue weighted by Crippen LogP contribution is 2.45. The Bertz CT molecular complexity index is 3180. The minimum absolute atomic E-state index is 0.865. The molecule has 0 unspecified atom stereocenters. The van der Waals surface area contributed by atoms with Crippen LogP contribution in [0.4, 0.5) is 17.1 Å². The van der Waals surface area contributed by atoms with E-state index in [1.807, 2.05) is 18.2 Å². The molecule has 2 aromatic heterocycles. The SMILES string of the molecule is c1ccc(-c2ccc(N(c3ccc(-c4cc5c6cccc(-c7ccccc7)c6oc5c5ccccc45)cc3)c3cccc4oc5ccccc5c34)cc2)cc1. The molecule has 0 saturated carbocycles. The quantitative estimate of drug-likeness (QED) is 0.173. The van der Waals surface area contributed by atoms with Crippen LogP contribution in [0, 0.1) is 0 Å². The van der Waals surface area contributed by atoms with Crippen LogP contribution in [0.3, 0.4) is 0 Å². The monoisotopic (exact) mass is 703 g/mol.